The van der Waals surface area contributed by atoms with E-state index in [9.17, 15) is 14.7 Å². The van der Waals surface area contributed by atoms with Crippen molar-refractivity contribution < 1.29 is 14.6 Å². The number of nitrogens with one attached hydrogen (secondary N) is 1. The summed E-state index contributed by atoms with van der Waals surface area (Å²) in [6, 6.07) is 5.04. The molecule has 0 aliphatic heterocycles. The molecule has 3 heterocycles. The molecule has 0 aliphatic carbocycles. The molecule has 0 aliphatic rings. The Hall–Kier alpha value is -3.42. The second kappa shape index (κ2) is 8.51. The number of ether oxygens (including phenoxy) is 1. The van der Waals surface area contributed by atoms with Gasteiger partial charge >= 0.3 is 5.97 Å². The highest BCUT2D eigenvalue weighted by Gasteiger charge is 2.26. The highest BCUT2D eigenvalue weighted by molar-refractivity contribution is 5.71. The number of methoxy groups -OCH3 is 1. The number of hydrogen-bond donors (Lipinski definition) is 2. The van der Waals surface area contributed by atoms with Crippen molar-refractivity contribution in [3.05, 3.63) is 76.0 Å². The molecule has 28 heavy (non-hydrogen) atoms. The Bertz CT molecular complexity index is 997. The van der Waals surface area contributed by atoms with Crippen LogP contribution in [0, 0.1) is 6.92 Å². The van der Waals surface area contributed by atoms with E-state index in [2.05, 4.69) is 15.0 Å². The second-order valence-electron chi connectivity index (χ2n) is 6.49. The van der Waals surface area contributed by atoms with Gasteiger partial charge in [-0.2, -0.15) is 0 Å². The van der Waals surface area contributed by atoms with Crippen LogP contribution in [0.3, 0.4) is 0 Å². The maximum absolute atomic E-state index is 13.3. The number of aryl methyl sites for hydroxylation is 2. The lowest BCUT2D eigenvalue weighted by molar-refractivity contribution is -0.140. The SMILES string of the molecule is COC(=O)C[C@@H](c1cccnc1)c1c(O)cc(C)n(CCc2cnc[nH]2)c1=O. The summed E-state index contributed by atoms with van der Waals surface area (Å²) in [6.07, 6.45) is 6.99. The molecule has 0 saturated carbocycles. The first-order valence-corrected chi connectivity index (χ1v) is 8.88. The van der Waals surface area contributed by atoms with E-state index in [-0.39, 0.29) is 23.3 Å². The van der Waals surface area contributed by atoms with Crippen LogP contribution in [0.2, 0.25) is 0 Å². The highest BCUT2D eigenvalue weighted by atomic mass is 16.5. The van der Waals surface area contributed by atoms with Gasteiger partial charge in [0.1, 0.15) is 5.75 Å². The van der Waals surface area contributed by atoms with Gasteiger partial charge in [-0.1, -0.05) is 6.07 Å². The fourth-order valence-electron chi connectivity index (χ4n) is 3.25. The van der Waals surface area contributed by atoms with Crippen molar-refractivity contribution in [3.63, 3.8) is 0 Å². The van der Waals surface area contributed by atoms with Crippen LogP contribution in [0.15, 0.2) is 47.9 Å². The number of aromatic amines is 1. The monoisotopic (exact) mass is 382 g/mol. The normalized spacial score (nSPS) is 11.9. The molecule has 146 valence electrons. The molecule has 0 radical (unpaired) electrons. The Morgan fingerprint density at radius 2 is 2.18 bits per heavy atom. The summed E-state index contributed by atoms with van der Waals surface area (Å²) in [4.78, 5) is 36.3. The fraction of sp³-hybridized carbons (Fsp3) is 0.300. The molecule has 3 aromatic heterocycles. The van der Waals surface area contributed by atoms with Gasteiger partial charge in [0, 0.05) is 48.9 Å². The standard InChI is InChI=1S/C20H22N4O4/c1-13-8-17(25)19(20(27)24(13)7-5-15-11-22-12-23-15)16(9-18(26)28-2)14-4-3-6-21-10-14/h3-4,6,8,10-12,16,25H,5,7,9H2,1-2H3,(H,22,23)/t16-/m0/s1. The van der Waals surface area contributed by atoms with Gasteiger partial charge in [-0.15, -0.1) is 0 Å². The molecule has 0 fully saturated rings. The van der Waals surface area contributed by atoms with Gasteiger partial charge in [-0.3, -0.25) is 14.6 Å². The topological polar surface area (TPSA) is 110 Å². The van der Waals surface area contributed by atoms with E-state index in [0.717, 1.165) is 5.69 Å². The number of carbonyl (C=O) groups is 1. The molecular weight excluding hydrogens is 360 g/mol. The van der Waals surface area contributed by atoms with Gasteiger partial charge in [0.25, 0.3) is 5.56 Å². The predicted molar refractivity (Wildman–Crippen MR) is 102 cm³/mol. The third-order valence-electron chi connectivity index (χ3n) is 4.72. The van der Waals surface area contributed by atoms with Gasteiger partial charge < -0.3 is 19.4 Å². The number of pyridine rings is 2. The largest absolute Gasteiger partial charge is 0.507 e. The van der Waals surface area contributed by atoms with Gasteiger partial charge in [0.05, 0.1) is 25.4 Å². The first-order valence-electron chi connectivity index (χ1n) is 8.88. The van der Waals surface area contributed by atoms with Crippen LogP contribution in [0.25, 0.3) is 0 Å². The van der Waals surface area contributed by atoms with Gasteiger partial charge in [-0.25, -0.2) is 4.98 Å². The van der Waals surface area contributed by atoms with Crippen LogP contribution in [-0.2, 0) is 22.5 Å². The number of H-pyrrole nitrogens is 1. The Morgan fingerprint density at radius 3 is 2.82 bits per heavy atom. The third-order valence-corrected chi connectivity index (χ3v) is 4.72. The first-order chi connectivity index (χ1) is 13.5. The number of esters is 1. The number of nitrogens with zero attached hydrogens (tertiary/aromatic N) is 3. The van der Waals surface area contributed by atoms with E-state index in [0.29, 0.717) is 24.2 Å². The van der Waals surface area contributed by atoms with Crippen LogP contribution in [-0.4, -0.2) is 37.7 Å². The Kier molecular flexibility index (Phi) is 5.88. The minimum atomic E-state index is -0.660. The highest BCUT2D eigenvalue weighted by Crippen LogP contribution is 2.32. The van der Waals surface area contributed by atoms with Crippen molar-refractivity contribution in [2.24, 2.45) is 0 Å². The molecule has 8 heteroatoms. The van der Waals surface area contributed by atoms with Gasteiger partial charge in [-0.05, 0) is 24.6 Å². The lowest BCUT2D eigenvalue weighted by atomic mass is 9.89. The summed E-state index contributed by atoms with van der Waals surface area (Å²) in [7, 11) is 1.29. The Balaban J connectivity index is 2.05. The lowest BCUT2D eigenvalue weighted by Crippen LogP contribution is -2.29. The third kappa shape index (κ3) is 4.11. The molecule has 2 N–H and O–H groups in total. The summed E-state index contributed by atoms with van der Waals surface area (Å²) in [5.41, 5.74) is 2.01. The zero-order valence-electron chi connectivity index (χ0n) is 15.8. The average molecular weight is 382 g/mol. The van der Waals surface area contributed by atoms with E-state index in [1.54, 1.807) is 54.6 Å². The van der Waals surface area contributed by atoms with Crippen LogP contribution < -0.4 is 5.56 Å². The van der Waals surface area contributed by atoms with E-state index in [1.807, 2.05) is 0 Å². The number of hydrogen-bond acceptors (Lipinski definition) is 6. The molecule has 0 unspecified atom stereocenters. The molecule has 0 bridgehead atoms. The summed E-state index contributed by atoms with van der Waals surface area (Å²) < 4.78 is 6.39. The molecule has 3 rings (SSSR count). The van der Waals surface area contributed by atoms with Crippen LogP contribution in [0.1, 0.15) is 34.9 Å². The zero-order chi connectivity index (χ0) is 20.1. The summed E-state index contributed by atoms with van der Waals surface area (Å²) in [5.74, 6) is -1.28. The van der Waals surface area contributed by atoms with Gasteiger partial charge in [0.15, 0.2) is 0 Å². The molecule has 0 spiro atoms. The van der Waals surface area contributed by atoms with Crippen molar-refractivity contribution in [1.82, 2.24) is 19.5 Å². The molecule has 0 saturated heterocycles. The number of imidazole rings is 1. The summed E-state index contributed by atoms with van der Waals surface area (Å²) in [5, 5.41) is 10.6. The van der Waals surface area contributed by atoms with E-state index in [4.69, 9.17) is 4.74 Å². The Morgan fingerprint density at radius 1 is 1.36 bits per heavy atom. The number of aromatic nitrogens is 4. The quantitative estimate of drug-likeness (QED) is 0.604. The fourth-order valence-corrected chi connectivity index (χ4v) is 3.25. The number of carbonyl (C=O) groups excluding carboxylic acids is 1. The molecule has 3 aromatic rings. The van der Waals surface area contributed by atoms with Crippen molar-refractivity contribution >= 4 is 5.97 Å². The Labute approximate surface area is 161 Å². The molecule has 0 aromatic carbocycles. The maximum Gasteiger partial charge on any atom is 0.306 e. The smallest absolute Gasteiger partial charge is 0.306 e. The van der Waals surface area contributed by atoms with Gasteiger partial charge in [0.2, 0.25) is 0 Å². The van der Waals surface area contributed by atoms with Crippen molar-refractivity contribution in [2.75, 3.05) is 7.11 Å². The van der Waals surface area contributed by atoms with E-state index < -0.39 is 11.9 Å². The second-order valence-corrected chi connectivity index (χ2v) is 6.49. The van der Waals surface area contributed by atoms with Crippen LogP contribution in [0.5, 0.6) is 5.75 Å². The predicted octanol–water partition coefficient (Wildman–Crippen LogP) is 1.92. The van der Waals surface area contributed by atoms with Crippen molar-refractivity contribution in [3.8, 4) is 5.75 Å². The average Bonchev–Trinajstić information content (AvgIpc) is 3.20. The minimum Gasteiger partial charge on any atom is -0.507 e. The number of rotatable bonds is 7. The zero-order valence-corrected chi connectivity index (χ0v) is 15.8. The molecule has 8 nitrogen and oxygen atoms in total. The molecular formula is C20H22N4O4. The number of aromatic hydroxyl groups is 1. The molecule has 1 atom stereocenters. The van der Waals surface area contributed by atoms with E-state index >= 15 is 0 Å². The van der Waals surface area contributed by atoms with Crippen molar-refractivity contribution in [1.29, 1.82) is 0 Å². The summed E-state index contributed by atoms with van der Waals surface area (Å²) >= 11 is 0. The minimum absolute atomic E-state index is 0.0748. The maximum atomic E-state index is 13.3. The first kappa shape index (κ1) is 19.3. The van der Waals surface area contributed by atoms with Crippen LogP contribution >= 0.6 is 0 Å². The lowest BCUT2D eigenvalue weighted by Gasteiger charge is -2.20. The van der Waals surface area contributed by atoms with E-state index in [1.165, 1.54) is 7.11 Å². The van der Waals surface area contributed by atoms with Crippen LogP contribution in [0.4, 0.5) is 0 Å². The summed E-state index contributed by atoms with van der Waals surface area (Å²) in [6.45, 7) is 2.18. The van der Waals surface area contributed by atoms with Crippen molar-refractivity contribution in [2.45, 2.75) is 32.2 Å². The molecule has 0 amide bonds.